The van der Waals surface area contributed by atoms with Crippen molar-refractivity contribution < 1.29 is 14.6 Å². The molecule has 0 fully saturated rings. The molecular formula is C9H12O3. The molecule has 3 nitrogen and oxygen atoms in total. The van der Waals surface area contributed by atoms with Crippen LogP contribution in [0.2, 0.25) is 0 Å². The van der Waals surface area contributed by atoms with Crippen molar-refractivity contribution in [3.8, 4) is 0 Å². The third-order valence-electron chi connectivity index (χ3n) is 0.974. The van der Waals surface area contributed by atoms with Gasteiger partial charge in [-0.3, -0.25) is 0 Å². The lowest BCUT2D eigenvalue weighted by atomic mass is 10.4. The first-order chi connectivity index (χ1) is 5.70. The molecule has 0 saturated carbocycles. The number of carbonyl (C=O) groups is 1. The van der Waals surface area contributed by atoms with E-state index in [1.807, 2.05) is 6.92 Å². The van der Waals surface area contributed by atoms with Gasteiger partial charge >= 0.3 is 5.97 Å². The molecule has 0 spiro atoms. The Morgan fingerprint density at radius 2 is 2.25 bits per heavy atom. The smallest absolute Gasteiger partial charge is 0.333 e. The lowest BCUT2D eigenvalue weighted by Gasteiger charge is -2.03. The van der Waals surface area contributed by atoms with Gasteiger partial charge in [0.1, 0.15) is 0 Å². The van der Waals surface area contributed by atoms with Crippen LogP contribution >= 0.6 is 0 Å². The minimum absolute atomic E-state index is 0.597. The summed E-state index contributed by atoms with van der Waals surface area (Å²) < 4.78 is 4.42. The number of aliphatic hydroxyl groups is 1. The largest absolute Gasteiger partial charge is 0.429 e. The Labute approximate surface area is 71.7 Å². The molecular weight excluding hydrogens is 156 g/mol. The normalized spacial score (nSPS) is 13.5. The summed E-state index contributed by atoms with van der Waals surface area (Å²) in [6.07, 6.45) is 6.09. The summed E-state index contributed by atoms with van der Waals surface area (Å²) in [5.74, 6) is -0.597. The molecule has 0 aliphatic rings. The zero-order chi connectivity index (χ0) is 9.40. The van der Waals surface area contributed by atoms with Gasteiger partial charge in [0.25, 0.3) is 0 Å². The van der Waals surface area contributed by atoms with E-state index in [-0.39, 0.29) is 0 Å². The Bertz CT molecular complexity index is 204. The summed E-state index contributed by atoms with van der Waals surface area (Å²) >= 11 is 0. The van der Waals surface area contributed by atoms with Gasteiger partial charge in [-0.2, -0.15) is 0 Å². The number of hydrogen-bond donors (Lipinski definition) is 1. The fourth-order valence-electron chi connectivity index (χ4n) is 0.452. The van der Waals surface area contributed by atoms with Gasteiger partial charge < -0.3 is 9.84 Å². The van der Waals surface area contributed by atoms with Crippen molar-refractivity contribution in [2.24, 2.45) is 0 Å². The number of hydrogen-bond acceptors (Lipinski definition) is 3. The Hall–Kier alpha value is -1.35. The molecule has 0 radical (unpaired) electrons. The minimum Gasteiger partial charge on any atom is -0.429 e. The lowest BCUT2D eigenvalue weighted by molar-refractivity contribution is -0.154. The molecule has 0 saturated heterocycles. The van der Waals surface area contributed by atoms with Gasteiger partial charge in [-0.15, -0.1) is 0 Å². The number of rotatable bonds is 4. The highest BCUT2D eigenvalue weighted by Gasteiger charge is 2.01. The van der Waals surface area contributed by atoms with Crippen LogP contribution in [0.3, 0.4) is 0 Å². The predicted octanol–water partition coefficient (Wildman–Crippen LogP) is 1.17. The first kappa shape index (κ1) is 10.7. The van der Waals surface area contributed by atoms with Gasteiger partial charge in [0.05, 0.1) is 0 Å². The van der Waals surface area contributed by atoms with E-state index >= 15 is 0 Å². The number of esters is 1. The van der Waals surface area contributed by atoms with E-state index < -0.39 is 12.3 Å². The van der Waals surface area contributed by atoms with Gasteiger partial charge in [-0.1, -0.05) is 24.8 Å². The van der Waals surface area contributed by atoms with Crippen LogP contribution in [0.4, 0.5) is 0 Å². The maximum absolute atomic E-state index is 10.7. The summed E-state index contributed by atoms with van der Waals surface area (Å²) in [5.41, 5.74) is 0. The van der Waals surface area contributed by atoms with Crippen molar-refractivity contribution in [3.63, 3.8) is 0 Å². The standard InChI is InChI=1S/C9H12O3/c1-3-5-6-7-9(11)12-8(10)4-2/h3-8,10H,2H2,1H3. The monoisotopic (exact) mass is 168 g/mol. The number of allylic oxidation sites excluding steroid dienone is 3. The molecule has 12 heavy (non-hydrogen) atoms. The van der Waals surface area contributed by atoms with Crippen LogP contribution in [-0.2, 0) is 9.53 Å². The van der Waals surface area contributed by atoms with Crippen molar-refractivity contribution in [2.75, 3.05) is 0 Å². The first-order valence-electron chi connectivity index (χ1n) is 3.51. The number of carbonyl (C=O) groups excluding carboxylic acids is 1. The van der Waals surface area contributed by atoms with Gasteiger partial charge in [-0.05, 0) is 13.0 Å². The maximum Gasteiger partial charge on any atom is 0.333 e. The van der Waals surface area contributed by atoms with E-state index in [9.17, 15) is 4.79 Å². The second kappa shape index (κ2) is 6.37. The van der Waals surface area contributed by atoms with E-state index in [2.05, 4.69) is 11.3 Å². The van der Waals surface area contributed by atoms with Crippen LogP contribution in [0.5, 0.6) is 0 Å². The second-order valence-corrected chi connectivity index (χ2v) is 1.95. The average molecular weight is 168 g/mol. The zero-order valence-corrected chi connectivity index (χ0v) is 6.93. The quantitative estimate of drug-likeness (QED) is 0.225. The predicted molar refractivity (Wildman–Crippen MR) is 46.2 cm³/mol. The number of ether oxygens (including phenoxy) is 1. The van der Waals surface area contributed by atoms with Crippen LogP contribution in [0.1, 0.15) is 6.92 Å². The SMILES string of the molecule is C=CC(O)OC(=O)C=CC=CC. The van der Waals surface area contributed by atoms with Crippen LogP contribution < -0.4 is 0 Å². The summed E-state index contributed by atoms with van der Waals surface area (Å²) in [6.45, 7) is 5.07. The van der Waals surface area contributed by atoms with Crippen LogP contribution in [0.15, 0.2) is 37.0 Å². The Morgan fingerprint density at radius 3 is 2.75 bits per heavy atom. The van der Waals surface area contributed by atoms with Crippen LogP contribution in [-0.4, -0.2) is 17.4 Å². The van der Waals surface area contributed by atoms with E-state index in [0.29, 0.717) is 0 Å². The van der Waals surface area contributed by atoms with Crippen molar-refractivity contribution in [3.05, 3.63) is 37.0 Å². The van der Waals surface area contributed by atoms with E-state index in [0.717, 1.165) is 6.08 Å². The molecule has 0 aromatic heterocycles. The Morgan fingerprint density at radius 1 is 1.58 bits per heavy atom. The topological polar surface area (TPSA) is 46.5 Å². The maximum atomic E-state index is 10.7. The summed E-state index contributed by atoms with van der Waals surface area (Å²) in [5, 5.41) is 8.77. The molecule has 66 valence electrons. The van der Waals surface area contributed by atoms with E-state index in [1.165, 1.54) is 12.2 Å². The molecule has 0 aromatic carbocycles. The summed E-state index contributed by atoms with van der Waals surface area (Å²) in [7, 11) is 0. The highest BCUT2D eigenvalue weighted by Crippen LogP contribution is 1.90. The average Bonchev–Trinajstić information content (AvgIpc) is 2.05. The van der Waals surface area contributed by atoms with Crippen molar-refractivity contribution in [2.45, 2.75) is 13.2 Å². The Balaban J connectivity index is 3.81. The van der Waals surface area contributed by atoms with E-state index in [4.69, 9.17) is 5.11 Å². The summed E-state index contributed by atoms with van der Waals surface area (Å²) in [4.78, 5) is 10.7. The fourth-order valence-corrected chi connectivity index (χ4v) is 0.452. The van der Waals surface area contributed by atoms with Gasteiger partial charge in [0.2, 0.25) is 6.29 Å². The minimum atomic E-state index is -1.23. The van der Waals surface area contributed by atoms with Crippen molar-refractivity contribution in [1.29, 1.82) is 0 Å². The molecule has 0 amide bonds. The molecule has 0 aliphatic heterocycles. The second-order valence-electron chi connectivity index (χ2n) is 1.95. The highest BCUT2D eigenvalue weighted by atomic mass is 16.6. The Kier molecular flexibility index (Phi) is 5.65. The third-order valence-corrected chi connectivity index (χ3v) is 0.974. The lowest BCUT2D eigenvalue weighted by Crippen LogP contribution is -2.12. The molecule has 1 N–H and O–H groups in total. The molecule has 0 aliphatic carbocycles. The van der Waals surface area contributed by atoms with Crippen molar-refractivity contribution >= 4 is 5.97 Å². The molecule has 1 unspecified atom stereocenters. The summed E-state index contributed by atoms with van der Waals surface area (Å²) in [6, 6.07) is 0. The molecule has 3 heteroatoms. The third kappa shape index (κ3) is 5.44. The van der Waals surface area contributed by atoms with Crippen molar-refractivity contribution in [1.82, 2.24) is 0 Å². The number of aliphatic hydroxyl groups excluding tert-OH is 1. The van der Waals surface area contributed by atoms with Gasteiger partial charge in [0.15, 0.2) is 0 Å². The van der Waals surface area contributed by atoms with Gasteiger partial charge in [0, 0.05) is 6.08 Å². The molecule has 0 aromatic rings. The van der Waals surface area contributed by atoms with Gasteiger partial charge in [-0.25, -0.2) is 4.79 Å². The van der Waals surface area contributed by atoms with Crippen LogP contribution in [0.25, 0.3) is 0 Å². The van der Waals surface area contributed by atoms with Crippen LogP contribution in [0, 0.1) is 0 Å². The van der Waals surface area contributed by atoms with E-state index in [1.54, 1.807) is 12.2 Å². The highest BCUT2D eigenvalue weighted by molar-refractivity contribution is 5.82. The molecule has 1 atom stereocenters. The molecule has 0 bridgehead atoms. The molecule has 0 rings (SSSR count). The first-order valence-corrected chi connectivity index (χ1v) is 3.51. The molecule has 0 heterocycles. The zero-order valence-electron chi connectivity index (χ0n) is 6.93. The fraction of sp³-hybridized carbons (Fsp3) is 0.222.